The van der Waals surface area contributed by atoms with Crippen molar-refractivity contribution < 1.29 is 19.1 Å². The van der Waals surface area contributed by atoms with Crippen LogP contribution >= 0.6 is 0 Å². The van der Waals surface area contributed by atoms with E-state index in [4.69, 9.17) is 9.47 Å². The van der Waals surface area contributed by atoms with Gasteiger partial charge in [0.2, 0.25) is 0 Å². The summed E-state index contributed by atoms with van der Waals surface area (Å²) in [5.74, 6) is -0.420. The smallest absolute Gasteiger partial charge is 0.410 e. The lowest BCUT2D eigenvalue weighted by molar-refractivity contribution is 0.0240. The Kier molecular flexibility index (Phi) is 7.10. The third-order valence-electron chi connectivity index (χ3n) is 5.69. The van der Waals surface area contributed by atoms with Crippen LogP contribution in [-0.2, 0) is 9.47 Å². The number of para-hydroxylation sites is 1. The predicted molar refractivity (Wildman–Crippen MR) is 137 cm³/mol. The van der Waals surface area contributed by atoms with Gasteiger partial charge in [-0.15, -0.1) is 0 Å². The number of amides is 1. The second-order valence-electron chi connectivity index (χ2n) is 9.41. The second kappa shape index (κ2) is 10.2. The number of hydrogen-bond donors (Lipinski definition) is 1. The molecule has 8 nitrogen and oxygen atoms in total. The van der Waals surface area contributed by atoms with Crippen LogP contribution in [-0.4, -0.2) is 60.3 Å². The van der Waals surface area contributed by atoms with E-state index in [1.165, 1.54) is 0 Å². The van der Waals surface area contributed by atoms with Crippen LogP contribution < -0.4 is 10.2 Å². The molecule has 1 aromatic heterocycles. The summed E-state index contributed by atoms with van der Waals surface area (Å²) in [6.07, 6.45) is 1.28. The number of ether oxygens (including phenoxy) is 2. The minimum atomic E-state index is -0.516. The summed E-state index contributed by atoms with van der Waals surface area (Å²) in [5, 5.41) is 4.23. The van der Waals surface area contributed by atoms with Crippen molar-refractivity contribution in [2.75, 3.05) is 43.0 Å². The van der Waals surface area contributed by atoms with E-state index in [1.807, 2.05) is 69.3 Å². The fraction of sp³-hybridized carbons (Fsp3) is 0.370. The van der Waals surface area contributed by atoms with Crippen LogP contribution in [0, 0.1) is 0 Å². The quantitative estimate of drug-likeness (QED) is 0.506. The molecule has 1 amide bonds. The van der Waals surface area contributed by atoms with Crippen LogP contribution in [0.2, 0.25) is 0 Å². The first-order valence-corrected chi connectivity index (χ1v) is 11.9. The van der Waals surface area contributed by atoms with E-state index in [0.717, 1.165) is 22.3 Å². The molecule has 1 aliphatic rings. The van der Waals surface area contributed by atoms with Gasteiger partial charge in [-0.05, 0) is 58.0 Å². The molecule has 0 aliphatic carbocycles. The molecule has 0 spiro atoms. The van der Waals surface area contributed by atoms with Crippen molar-refractivity contribution in [3.8, 4) is 0 Å². The zero-order valence-electron chi connectivity index (χ0n) is 20.7. The van der Waals surface area contributed by atoms with E-state index in [-0.39, 0.29) is 12.7 Å². The van der Waals surface area contributed by atoms with Gasteiger partial charge in [-0.3, -0.25) is 4.98 Å². The highest BCUT2D eigenvalue weighted by atomic mass is 16.6. The Labute approximate surface area is 205 Å². The summed E-state index contributed by atoms with van der Waals surface area (Å²) in [6, 6.07) is 15.7. The van der Waals surface area contributed by atoms with E-state index in [9.17, 15) is 9.59 Å². The summed E-state index contributed by atoms with van der Waals surface area (Å²) < 4.78 is 10.8. The van der Waals surface area contributed by atoms with E-state index in [0.29, 0.717) is 37.4 Å². The molecule has 35 heavy (non-hydrogen) atoms. The number of aromatic nitrogens is 1. The molecule has 0 saturated carbocycles. The van der Waals surface area contributed by atoms with Crippen molar-refractivity contribution in [1.29, 1.82) is 0 Å². The normalized spacial score (nSPS) is 14.1. The van der Waals surface area contributed by atoms with Gasteiger partial charge in [0.05, 0.1) is 17.8 Å². The summed E-state index contributed by atoms with van der Waals surface area (Å²) in [7, 11) is 0. The van der Waals surface area contributed by atoms with Gasteiger partial charge in [0, 0.05) is 49.1 Å². The average molecular weight is 477 g/mol. The minimum absolute atomic E-state index is 0.281. The molecule has 0 unspecified atom stereocenters. The fourth-order valence-corrected chi connectivity index (χ4v) is 4.02. The molecule has 1 saturated heterocycles. The molecular weight excluding hydrogens is 444 g/mol. The predicted octanol–water partition coefficient (Wildman–Crippen LogP) is 5.21. The van der Waals surface area contributed by atoms with Crippen LogP contribution in [0.1, 0.15) is 38.1 Å². The number of pyridine rings is 1. The average Bonchev–Trinajstić information content (AvgIpc) is 2.84. The molecule has 4 rings (SSSR count). The number of carbonyl (C=O) groups is 2. The maximum absolute atomic E-state index is 12.7. The monoisotopic (exact) mass is 476 g/mol. The molecule has 184 valence electrons. The first-order valence-electron chi connectivity index (χ1n) is 11.9. The number of nitrogens with zero attached hydrogens (tertiary/aromatic N) is 3. The summed E-state index contributed by atoms with van der Waals surface area (Å²) in [6.45, 7) is 10.2. The first kappa shape index (κ1) is 24.3. The maximum atomic E-state index is 12.7. The molecule has 0 bridgehead atoms. The number of nitrogens with one attached hydrogen (secondary N) is 1. The van der Waals surface area contributed by atoms with Gasteiger partial charge in [-0.2, -0.15) is 0 Å². The third-order valence-corrected chi connectivity index (χ3v) is 5.69. The Morgan fingerprint density at radius 2 is 1.74 bits per heavy atom. The zero-order chi connectivity index (χ0) is 25.0. The number of benzene rings is 2. The Bertz CT molecular complexity index is 1200. The van der Waals surface area contributed by atoms with Crippen molar-refractivity contribution in [2.24, 2.45) is 0 Å². The van der Waals surface area contributed by atoms with Crippen molar-refractivity contribution in [3.63, 3.8) is 0 Å². The Balaban J connectivity index is 1.63. The van der Waals surface area contributed by atoms with E-state index in [2.05, 4.69) is 15.2 Å². The van der Waals surface area contributed by atoms with Gasteiger partial charge >= 0.3 is 12.1 Å². The lowest BCUT2D eigenvalue weighted by Gasteiger charge is -2.36. The zero-order valence-corrected chi connectivity index (χ0v) is 20.7. The molecule has 1 N–H and O–H groups in total. The van der Waals surface area contributed by atoms with Gasteiger partial charge in [0.15, 0.2) is 0 Å². The van der Waals surface area contributed by atoms with Crippen molar-refractivity contribution in [2.45, 2.75) is 33.3 Å². The Morgan fingerprint density at radius 3 is 2.40 bits per heavy atom. The van der Waals surface area contributed by atoms with Crippen LogP contribution in [0.5, 0.6) is 0 Å². The van der Waals surface area contributed by atoms with E-state index < -0.39 is 11.6 Å². The van der Waals surface area contributed by atoms with Crippen LogP contribution in [0.15, 0.2) is 54.7 Å². The number of fused-ring (bicyclic) bond motifs is 1. The number of piperazine rings is 1. The molecule has 3 aromatic rings. The van der Waals surface area contributed by atoms with Gasteiger partial charge in [0.1, 0.15) is 11.2 Å². The lowest BCUT2D eigenvalue weighted by Crippen LogP contribution is -2.50. The molecule has 8 heteroatoms. The summed E-state index contributed by atoms with van der Waals surface area (Å²) in [4.78, 5) is 33.6. The number of hydrogen-bond acceptors (Lipinski definition) is 7. The van der Waals surface area contributed by atoms with Gasteiger partial charge in [-0.25, -0.2) is 9.59 Å². The van der Waals surface area contributed by atoms with Gasteiger partial charge in [-0.1, -0.05) is 18.2 Å². The summed E-state index contributed by atoms with van der Waals surface area (Å²) >= 11 is 0. The van der Waals surface area contributed by atoms with Crippen LogP contribution in [0.4, 0.5) is 21.9 Å². The summed E-state index contributed by atoms with van der Waals surface area (Å²) in [5.41, 5.74) is 3.16. The fourth-order valence-electron chi connectivity index (χ4n) is 4.02. The number of rotatable bonds is 5. The molecule has 1 aliphatic heterocycles. The highest BCUT2D eigenvalue weighted by molar-refractivity contribution is 6.06. The Hall–Kier alpha value is -3.81. The molecule has 0 radical (unpaired) electrons. The number of carbonyl (C=O) groups excluding carboxylic acids is 2. The number of esters is 1. The van der Waals surface area contributed by atoms with E-state index >= 15 is 0 Å². The van der Waals surface area contributed by atoms with Crippen molar-refractivity contribution in [3.05, 3.63) is 60.3 Å². The maximum Gasteiger partial charge on any atom is 0.410 e. The number of anilines is 3. The van der Waals surface area contributed by atoms with Gasteiger partial charge in [0.25, 0.3) is 0 Å². The third kappa shape index (κ3) is 5.82. The standard InChI is InChI=1S/C27H32N4O4/c1-5-34-25(32)22-18-28-23-12-11-20(17-21(23)24(22)29-19-9-7-6-8-10-19)30-13-15-31(16-14-30)26(33)35-27(2,3)4/h6-12,17-18H,5,13-16H2,1-4H3,(H,28,29). The molecular formula is C27H32N4O4. The molecule has 0 atom stereocenters. The minimum Gasteiger partial charge on any atom is -0.462 e. The van der Waals surface area contributed by atoms with Crippen molar-refractivity contribution in [1.82, 2.24) is 9.88 Å². The van der Waals surface area contributed by atoms with Gasteiger partial charge < -0.3 is 24.6 Å². The molecule has 1 fully saturated rings. The topological polar surface area (TPSA) is 84.0 Å². The molecule has 2 aromatic carbocycles. The highest BCUT2D eigenvalue weighted by Crippen LogP contribution is 2.33. The highest BCUT2D eigenvalue weighted by Gasteiger charge is 2.26. The Morgan fingerprint density at radius 1 is 1.03 bits per heavy atom. The SMILES string of the molecule is CCOC(=O)c1cnc2ccc(N3CCN(C(=O)OC(C)(C)C)CC3)cc2c1Nc1ccccc1. The van der Waals surface area contributed by atoms with E-state index in [1.54, 1.807) is 18.0 Å². The lowest BCUT2D eigenvalue weighted by atomic mass is 10.1. The second-order valence-corrected chi connectivity index (χ2v) is 9.41. The first-order chi connectivity index (χ1) is 16.7. The van der Waals surface area contributed by atoms with Crippen LogP contribution in [0.3, 0.4) is 0 Å². The van der Waals surface area contributed by atoms with Crippen molar-refractivity contribution >= 4 is 40.0 Å². The molecule has 2 heterocycles. The van der Waals surface area contributed by atoms with Crippen LogP contribution in [0.25, 0.3) is 10.9 Å². The largest absolute Gasteiger partial charge is 0.462 e.